The van der Waals surface area contributed by atoms with Crippen LogP contribution in [0.25, 0.3) is 0 Å². The highest BCUT2D eigenvalue weighted by atomic mass is 35.5. The van der Waals surface area contributed by atoms with E-state index >= 15 is 0 Å². The van der Waals surface area contributed by atoms with Crippen molar-refractivity contribution in [3.63, 3.8) is 0 Å². The van der Waals surface area contributed by atoms with E-state index in [1.165, 1.54) is 18.3 Å². The van der Waals surface area contributed by atoms with Crippen LogP contribution in [0.1, 0.15) is 11.1 Å². The number of halogens is 4. The van der Waals surface area contributed by atoms with Crippen molar-refractivity contribution in [1.29, 1.82) is 0 Å². The topological polar surface area (TPSA) is 75.6 Å². The first-order valence-corrected chi connectivity index (χ1v) is 7.76. The predicted octanol–water partition coefficient (Wildman–Crippen LogP) is 4.29. The summed E-state index contributed by atoms with van der Waals surface area (Å²) in [5.41, 5.74) is -0.128. The Morgan fingerprint density at radius 3 is 2.58 bits per heavy atom. The fraction of sp³-hybridized carbons (Fsp3) is 0.125. The molecule has 6 nitrogen and oxygen atoms in total. The summed E-state index contributed by atoms with van der Waals surface area (Å²) in [6.45, 7) is 0.419. The van der Waals surface area contributed by atoms with Crippen molar-refractivity contribution in [3.8, 4) is 0 Å². The molecule has 10 heteroatoms. The van der Waals surface area contributed by atoms with Gasteiger partial charge in [-0.2, -0.15) is 23.3 Å². The Bertz CT molecular complexity index is 889. The predicted molar refractivity (Wildman–Crippen MR) is 91.1 cm³/mol. The summed E-state index contributed by atoms with van der Waals surface area (Å²) in [7, 11) is 0. The van der Waals surface area contributed by atoms with E-state index in [0.29, 0.717) is 6.54 Å². The van der Waals surface area contributed by atoms with Crippen LogP contribution in [0.5, 0.6) is 0 Å². The van der Waals surface area contributed by atoms with Crippen LogP contribution >= 0.6 is 11.6 Å². The monoisotopic (exact) mass is 380 g/mol. The fourth-order valence-electron chi connectivity index (χ4n) is 2.12. The van der Waals surface area contributed by atoms with Gasteiger partial charge in [0, 0.05) is 24.0 Å². The second kappa shape index (κ2) is 7.52. The zero-order chi connectivity index (χ0) is 18.6. The SMILES string of the molecule is FC(F)(F)c1cc(Cl)ccc1Nc1cnnc(NCc2ccncc2)n1. The average molecular weight is 381 g/mol. The first kappa shape index (κ1) is 17.9. The first-order valence-electron chi connectivity index (χ1n) is 7.38. The molecule has 0 aliphatic carbocycles. The van der Waals surface area contributed by atoms with Crippen LogP contribution in [-0.2, 0) is 12.7 Å². The van der Waals surface area contributed by atoms with Crippen molar-refractivity contribution in [2.45, 2.75) is 12.7 Å². The molecule has 0 saturated heterocycles. The minimum Gasteiger partial charge on any atom is -0.349 e. The maximum absolute atomic E-state index is 13.2. The number of anilines is 3. The molecule has 0 aliphatic rings. The van der Waals surface area contributed by atoms with Gasteiger partial charge in [0.05, 0.1) is 17.4 Å². The summed E-state index contributed by atoms with van der Waals surface area (Å²) < 4.78 is 39.5. The zero-order valence-electron chi connectivity index (χ0n) is 13.1. The van der Waals surface area contributed by atoms with Gasteiger partial charge in [0.2, 0.25) is 5.95 Å². The van der Waals surface area contributed by atoms with Gasteiger partial charge in [-0.05, 0) is 35.9 Å². The van der Waals surface area contributed by atoms with Crippen LogP contribution in [0.2, 0.25) is 5.02 Å². The van der Waals surface area contributed by atoms with E-state index in [1.807, 2.05) is 12.1 Å². The molecule has 2 aromatic heterocycles. The molecule has 0 atom stereocenters. The van der Waals surface area contributed by atoms with Crippen LogP contribution in [0, 0.1) is 0 Å². The van der Waals surface area contributed by atoms with Crippen molar-refractivity contribution in [2.24, 2.45) is 0 Å². The standard InChI is InChI=1S/C16H12ClF3N6/c17-11-1-2-13(12(7-11)16(18,19)20)24-14-9-23-26-15(25-14)22-8-10-3-5-21-6-4-10/h1-7,9H,8H2,(H2,22,24,25,26). The maximum atomic E-state index is 13.2. The highest BCUT2D eigenvalue weighted by molar-refractivity contribution is 6.30. The van der Waals surface area contributed by atoms with E-state index in [2.05, 4.69) is 30.8 Å². The number of hydrogen-bond acceptors (Lipinski definition) is 6. The second-order valence-electron chi connectivity index (χ2n) is 5.19. The van der Waals surface area contributed by atoms with Crippen LogP contribution in [0.15, 0.2) is 48.9 Å². The fourth-order valence-corrected chi connectivity index (χ4v) is 2.29. The van der Waals surface area contributed by atoms with Gasteiger partial charge >= 0.3 is 6.18 Å². The molecule has 2 heterocycles. The number of nitrogens with zero attached hydrogens (tertiary/aromatic N) is 4. The molecular weight excluding hydrogens is 369 g/mol. The van der Waals surface area contributed by atoms with E-state index in [4.69, 9.17) is 11.6 Å². The first-order chi connectivity index (χ1) is 12.4. The smallest absolute Gasteiger partial charge is 0.349 e. The van der Waals surface area contributed by atoms with Gasteiger partial charge in [0.25, 0.3) is 0 Å². The highest BCUT2D eigenvalue weighted by Gasteiger charge is 2.34. The van der Waals surface area contributed by atoms with Crippen molar-refractivity contribution >= 4 is 29.1 Å². The zero-order valence-corrected chi connectivity index (χ0v) is 13.9. The number of alkyl halides is 3. The largest absolute Gasteiger partial charge is 0.418 e. The number of benzene rings is 1. The number of pyridine rings is 1. The van der Waals surface area contributed by atoms with Crippen molar-refractivity contribution in [1.82, 2.24) is 20.2 Å². The van der Waals surface area contributed by atoms with Gasteiger partial charge in [-0.15, -0.1) is 5.10 Å². The summed E-state index contributed by atoms with van der Waals surface area (Å²) >= 11 is 5.67. The van der Waals surface area contributed by atoms with E-state index in [1.54, 1.807) is 12.4 Å². The Hall–Kier alpha value is -2.94. The second-order valence-corrected chi connectivity index (χ2v) is 5.62. The lowest BCUT2D eigenvalue weighted by Crippen LogP contribution is -2.10. The molecule has 0 unspecified atom stereocenters. The quantitative estimate of drug-likeness (QED) is 0.687. The van der Waals surface area contributed by atoms with Crippen molar-refractivity contribution < 1.29 is 13.2 Å². The summed E-state index contributed by atoms with van der Waals surface area (Å²) in [6, 6.07) is 7.06. The minimum atomic E-state index is -4.56. The summed E-state index contributed by atoms with van der Waals surface area (Å²) in [5, 5.41) is 13.1. The Balaban J connectivity index is 1.77. The summed E-state index contributed by atoms with van der Waals surface area (Å²) in [4.78, 5) is 8.03. The molecule has 2 N–H and O–H groups in total. The molecule has 134 valence electrons. The summed E-state index contributed by atoms with van der Waals surface area (Å²) in [5.74, 6) is 0.291. The molecule has 0 radical (unpaired) electrons. The normalized spacial score (nSPS) is 11.2. The molecule has 3 aromatic rings. The third-order valence-corrected chi connectivity index (χ3v) is 3.54. The Morgan fingerprint density at radius 2 is 1.85 bits per heavy atom. The number of nitrogens with one attached hydrogen (secondary N) is 2. The highest BCUT2D eigenvalue weighted by Crippen LogP contribution is 2.37. The van der Waals surface area contributed by atoms with Gasteiger partial charge in [-0.3, -0.25) is 4.98 Å². The Kier molecular flexibility index (Phi) is 5.17. The molecule has 3 rings (SSSR count). The Labute approximate surface area is 151 Å². The average Bonchev–Trinajstić information content (AvgIpc) is 2.62. The van der Waals surface area contributed by atoms with Gasteiger partial charge in [-0.25, -0.2) is 0 Å². The van der Waals surface area contributed by atoms with Crippen LogP contribution in [0.4, 0.5) is 30.6 Å². The van der Waals surface area contributed by atoms with Gasteiger partial charge in [-0.1, -0.05) is 11.6 Å². The number of rotatable bonds is 5. The number of hydrogen-bond donors (Lipinski definition) is 2. The molecule has 0 bridgehead atoms. The third-order valence-electron chi connectivity index (χ3n) is 3.31. The van der Waals surface area contributed by atoms with Crippen LogP contribution in [-0.4, -0.2) is 20.2 Å². The molecular formula is C16H12ClF3N6. The minimum absolute atomic E-state index is 0.0107. The van der Waals surface area contributed by atoms with Gasteiger partial charge in [0.1, 0.15) is 0 Å². The van der Waals surface area contributed by atoms with Gasteiger partial charge in [0.15, 0.2) is 5.82 Å². The van der Waals surface area contributed by atoms with Crippen LogP contribution in [0.3, 0.4) is 0 Å². The Morgan fingerprint density at radius 1 is 1.08 bits per heavy atom. The number of aromatic nitrogens is 4. The lowest BCUT2D eigenvalue weighted by molar-refractivity contribution is -0.136. The van der Waals surface area contributed by atoms with Gasteiger partial charge < -0.3 is 10.6 Å². The lowest BCUT2D eigenvalue weighted by Gasteiger charge is -2.14. The van der Waals surface area contributed by atoms with E-state index in [0.717, 1.165) is 11.6 Å². The lowest BCUT2D eigenvalue weighted by atomic mass is 10.1. The van der Waals surface area contributed by atoms with E-state index in [9.17, 15) is 13.2 Å². The molecule has 0 aliphatic heterocycles. The van der Waals surface area contributed by atoms with Crippen molar-refractivity contribution in [2.75, 3.05) is 10.6 Å². The molecule has 0 saturated carbocycles. The molecule has 26 heavy (non-hydrogen) atoms. The third kappa shape index (κ3) is 4.57. The van der Waals surface area contributed by atoms with E-state index < -0.39 is 11.7 Å². The summed E-state index contributed by atoms with van der Waals surface area (Å²) in [6.07, 6.45) is -0.0386. The van der Waals surface area contributed by atoms with E-state index in [-0.39, 0.29) is 22.5 Å². The molecule has 0 spiro atoms. The molecule has 0 fully saturated rings. The molecule has 0 amide bonds. The van der Waals surface area contributed by atoms with Crippen LogP contribution < -0.4 is 10.6 Å². The molecule has 1 aromatic carbocycles. The van der Waals surface area contributed by atoms with Crippen molar-refractivity contribution in [3.05, 3.63) is 65.1 Å². The maximum Gasteiger partial charge on any atom is 0.418 e.